The van der Waals surface area contributed by atoms with Crippen LogP contribution >= 0.6 is 0 Å². The van der Waals surface area contributed by atoms with E-state index < -0.39 is 29.0 Å². The van der Waals surface area contributed by atoms with Gasteiger partial charge in [-0.05, 0) is 56.0 Å². The van der Waals surface area contributed by atoms with E-state index in [9.17, 15) is 19.8 Å². The molecular weight excluding hydrogens is 344 g/mol. The zero-order valence-corrected chi connectivity index (χ0v) is 16.4. The Balaban J connectivity index is 1.98. The summed E-state index contributed by atoms with van der Waals surface area (Å²) in [5, 5.41) is 20.9. The molecule has 1 aromatic rings. The fourth-order valence-electron chi connectivity index (χ4n) is 4.77. The molecule has 1 aromatic carbocycles. The lowest BCUT2D eigenvalue weighted by Crippen LogP contribution is -2.51. The summed E-state index contributed by atoms with van der Waals surface area (Å²) in [6.07, 6.45) is 2.56. The predicted molar refractivity (Wildman–Crippen MR) is 101 cm³/mol. The van der Waals surface area contributed by atoms with Gasteiger partial charge < -0.3 is 14.9 Å². The third kappa shape index (κ3) is 3.29. The third-order valence-electron chi connectivity index (χ3n) is 6.47. The van der Waals surface area contributed by atoms with Gasteiger partial charge in [-0.2, -0.15) is 0 Å². The first-order valence-corrected chi connectivity index (χ1v) is 9.52. The number of carbonyl (C=O) groups excluding carboxylic acids is 2. The number of phenolic OH excluding ortho intramolecular Hbond substituents is 1. The van der Waals surface area contributed by atoms with Crippen LogP contribution in [0.5, 0.6) is 5.75 Å². The third-order valence-corrected chi connectivity index (χ3v) is 6.47. The van der Waals surface area contributed by atoms with Crippen LogP contribution in [0.15, 0.2) is 35.9 Å². The molecule has 5 nitrogen and oxygen atoms in total. The number of hydrogen-bond donors (Lipinski definition) is 2. The normalized spacial score (nSPS) is 33.4. The van der Waals surface area contributed by atoms with Gasteiger partial charge in [0, 0.05) is 17.8 Å². The molecule has 0 amide bonds. The van der Waals surface area contributed by atoms with Crippen molar-refractivity contribution >= 4 is 11.8 Å². The summed E-state index contributed by atoms with van der Waals surface area (Å²) in [6.45, 7) is 7.63. The molecule has 0 aromatic heterocycles. The average Bonchev–Trinajstić information content (AvgIpc) is 2.83. The Labute approximate surface area is 160 Å². The molecule has 27 heavy (non-hydrogen) atoms. The van der Waals surface area contributed by atoms with Crippen LogP contribution in [0.3, 0.4) is 0 Å². The highest BCUT2D eigenvalue weighted by molar-refractivity contribution is 5.96. The molecule has 2 aliphatic rings. The average molecular weight is 372 g/mol. The zero-order valence-electron chi connectivity index (χ0n) is 16.4. The first kappa shape index (κ1) is 19.6. The quantitative estimate of drug-likeness (QED) is 0.792. The van der Waals surface area contributed by atoms with Crippen LogP contribution in [0.1, 0.15) is 57.3 Å². The van der Waals surface area contributed by atoms with Crippen molar-refractivity contribution in [1.82, 2.24) is 0 Å². The zero-order chi connectivity index (χ0) is 20.0. The first-order chi connectivity index (χ1) is 12.6. The van der Waals surface area contributed by atoms with Gasteiger partial charge in [-0.15, -0.1) is 0 Å². The van der Waals surface area contributed by atoms with E-state index in [1.54, 1.807) is 6.08 Å². The maximum absolute atomic E-state index is 12.9. The Morgan fingerprint density at radius 3 is 2.44 bits per heavy atom. The highest BCUT2D eigenvalue weighted by atomic mass is 16.5. The lowest BCUT2D eigenvalue weighted by atomic mass is 9.67. The van der Waals surface area contributed by atoms with Gasteiger partial charge in [0.1, 0.15) is 11.9 Å². The lowest BCUT2D eigenvalue weighted by Gasteiger charge is -2.42. The Hall–Kier alpha value is -2.14. The van der Waals surface area contributed by atoms with E-state index in [4.69, 9.17) is 4.74 Å². The van der Waals surface area contributed by atoms with Crippen LogP contribution in [0.2, 0.25) is 0 Å². The highest BCUT2D eigenvalue weighted by Gasteiger charge is 2.62. The first-order valence-electron chi connectivity index (χ1n) is 9.52. The number of rotatable bonds is 3. The summed E-state index contributed by atoms with van der Waals surface area (Å²) in [6, 6.07) is 5.88. The minimum atomic E-state index is -1.07. The maximum atomic E-state index is 12.9. The standard InChI is InChI=1S/C22H28O5/c1-13(2)22(26)10-9-21(4)18(24)12-14(3)11-17(19(21)22)27-20(25)15-5-7-16(23)8-6-15/h5-8,12-13,17,19,23,26H,9-11H2,1-4H3/t17-,19+,21-,22+/m0/s1. The molecule has 0 heterocycles. The number of benzene rings is 1. The molecule has 0 bridgehead atoms. The molecule has 0 saturated heterocycles. The van der Waals surface area contributed by atoms with Gasteiger partial charge in [0.05, 0.1) is 11.2 Å². The van der Waals surface area contributed by atoms with Crippen molar-refractivity contribution in [1.29, 1.82) is 0 Å². The summed E-state index contributed by atoms with van der Waals surface area (Å²) in [5.41, 5.74) is -0.637. The van der Waals surface area contributed by atoms with Gasteiger partial charge in [0.15, 0.2) is 5.78 Å². The SMILES string of the molecule is CC1=CC(=O)[C@]2(C)CC[C@@](O)(C(C)C)[C@@H]2[C@@H](OC(=O)c2ccc(O)cc2)C1. The monoisotopic (exact) mass is 372 g/mol. The topological polar surface area (TPSA) is 83.8 Å². The van der Waals surface area contributed by atoms with Gasteiger partial charge in [-0.1, -0.05) is 26.3 Å². The van der Waals surface area contributed by atoms with Crippen LogP contribution in [-0.4, -0.2) is 33.7 Å². The van der Waals surface area contributed by atoms with Crippen molar-refractivity contribution in [3.8, 4) is 5.75 Å². The van der Waals surface area contributed by atoms with Gasteiger partial charge in [0.2, 0.25) is 0 Å². The smallest absolute Gasteiger partial charge is 0.338 e. The van der Waals surface area contributed by atoms with Crippen molar-refractivity contribution in [2.75, 3.05) is 0 Å². The summed E-state index contributed by atoms with van der Waals surface area (Å²) >= 11 is 0. The lowest BCUT2D eigenvalue weighted by molar-refractivity contribution is -0.140. The van der Waals surface area contributed by atoms with E-state index in [-0.39, 0.29) is 17.5 Å². The number of carbonyl (C=O) groups is 2. The molecule has 0 spiro atoms. The number of phenols is 1. The van der Waals surface area contributed by atoms with E-state index in [1.165, 1.54) is 24.3 Å². The molecule has 5 heteroatoms. The summed E-state index contributed by atoms with van der Waals surface area (Å²) in [7, 11) is 0. The van der Waals surface area contributed by atoms with Gasteiger partial charge in [-0.3, -0.25) is 4.79 Å². The minimum absolute atomic E-state index is 0.00441. The van der Waals surface area contributed by atoms with E-state index in [2.05, 4.69) is 0 Å². The number of ether oxygens (including phenoxy) is 1. The second-order valence-electron chi connectivity index (χ2n) is 8.59. The van der Waals surface area contributed by atoms with Crippen molar-refractivity contribution < 1.29 is 24.5 Å². The van der Waals surface area contributed by atoms with Crippen molar-refractivity contribution in [2.24, 2.45) is 17.3 Å². The summed E-state index contributed by atoms with van der Waals surface area (Å²) in [4.78, 5) is 25.6. The summed E-state index contributed by atoms with van der Waals surface area (Å²) in [5.74, 6) is -0.965. The van der Waals surface area contributed by atoms with E-state index in [1.807, 2.05) is 27.7 Å². The molecule has 1 fully saturated rings. The van der Waals surface area contributed by atoms with Crippen molar-refractivity contribution in [3.63, 3.8) is 0 Å². The van der Waals surface area contributed by atoms with Crippen LogP contribution in [-0.2, 0) is 9.53 Å². The van der Waals surface area contributed by atoms with E-state index in [0.29, 0.717) is 24.8 Å². The van der Waals surface area contributed by atoms with E-state index >= 15 is 0 Å². The maximum Gasteiger partial charge on any atom is 0.338 e. The fourth-order valence-corrected chi connectivity index (χ4v) is 4.77. The Morgan fingerprint density at radius 2 is 1.85 bits per heavy atom. The Morgan fingerprint density at radius 1 is 1.22 bits per heavy atom. The molecule has 3 rings (SSSR count). The molecule has 146 valence electrons. The molecular formula is C22H28O5. The number of fused-ring (bicyclic) bond motifs is 1. The molecule has 4 atom stereocenters. The molecule has 0 unspecified atom stereocenters. The van der Waals surface area contributed by atoms with E-state index in [0.717, 1.165) is 5.57 Å². The number of aromatic hydroxyl groups is 1. The van der Waals surface area contributed by atoms with Crippen LogP contribution < -0.4 is 0 Å². The van der Waals surface area contributed by atoms with Gasteiger partial charge >= 0.3 is 5.97 Å². The minimum Gasteiger partial charge on any atom is -0.508 e. The molecule has 2 aliphatic carbocycles. The number of ketones is 1. The second kappa shape index (κ2) is 6.79. The van der Waals surface area contributed by atoms with Crippen molar-refractivity contribution in [2.45, 2.75) is 58.7 Å². The van der Waals surface area contributed by atoms with Crippen LogP contribution in [0.25, 0.3) is 0 Å². The van der Waals surface area contributed by atoms with Crippen molar-refractivity contribution in [3.05, 3.63) is 41.5 Å². The molecule has 0 radical (unpaired) electrons. The molecule has 0 aliphatic heterocycles. The number of esters is 1. The highest BCUT2D eigenvalue weighted by Crippen LogP contribution is 2.56. The predicted octanol–water partition coefficient (Wildman–Crippen LogP) is 3.64. The second-order valence-corrected chi connectivity index (χ2v) is 8.59. The van der Waals surface area contributed by atoms with Gasteiger partial charge in [0.25, 0.3) is 0 Å². The number of allylic oxidation sites excluding steroid dienone is 1. The van der Waals surface area contributed by atoms with Crippen LogP contribution in [0.4, 0.5) is 0 Å². The largest absolute Gasteiger partial charge is 0.508 e. The summed E-state index contributed by atoms with van der Waals surface area (Å²) < 4.78 is 5.87. The van der Waals surface area contributed by atoms with Crippen LogP contribution in [0, 0.1) is 17.3 Å². The molecule has 2 N–H and O–H groups in total. The number of aliphatic hydroxyl groups is 1. The number of hydrogen-bond acceptors (Lipinski definition) is 5. The fraction of sp³-hybridized carbons (Fsp3) is 0.545. The Kier molecular flexibility index (Phi) is 4.93. The van der Waals surface area contributed by atoms with Gasteiger partial charge in [-0.25, -0.2) is 4.79 Å². The molecule has 1 saturated carbocycles. The Bertz CT molecular complexity index is 778.